The van der Waals surface area contributed by atoms with E-state index in [2.05, 4.69) is 42.6 Å². The SMILES string of the molecule is CC1CN(c2cc(N)nc(C(C)(C)C)n2)CCO1. The molecule has 0 bridgehead atoms. The molecule has 1 unspecified atom stereocenters. The van der Waals surface area contributed by atoms with Crippen molar-refractivity contribution in [3.8, 4) is 0 Å². The summed E-state index contributed by atoms with van der Waals surface area (Å²) in [5.41, 5.74) is 5.79. The summed E-state index contributed by atoms with van der Waals surface area (Å²) in [6.45, 7) is 10.8. The normalized spacial score (nSPS) is 21.1. The van der Waals surface area contributed by atoms with Crippen LogP contribution < -0.4 is 10.6 Å². The summed E-state index contributed by atoms with van der Waals surface area (Å²) in [5, 5.41) is 0. The Morgan fingerprint density at radius 2 is 2.11 bits per heavy atom. The highest BCUT2D eigenvalue weighted by Gasteiger charge is 2.22. The number of hydrogen-bond donors (Lipinski definition) is 1. The molecule has 1 aliphatic heterocycles. The summed E-state index contributed by atoms with van der Waals surface area (Å²) in [4.78, 5) is 11.2. The minimum Gasteiger partial charge on any atom is -0.384 e. The summed E-state index contributed by atoms with van der Waals surface area (Å²) in [5.74, 6) is 2.23. The lowest BCUT2D eigenvalue weighted by atomic mass is 9.96. The Bertz CT molecular complexity index is 427. The molecule has 5 heteroatoms. The van der Waals surface area contributed by atoms with E-state index in [-0.39, 0.29) is 11.5 Å². The van der Waals surface area contributed by atoms with Crippen molar-refractivity contribution in [2.24, 2.45) is 0 Å². The lowest BCUT2D eigenvalue weighted by molar-refractivity contribution is 0.0529. The number of ether oxygens (including phenoxy) is 1. The van der Waals surface area contributed by atoms with E-state index >= 15 is 0 Å². The molecule has 18 heavy (non-hydrogen) atoms. The highest BCUT2D eigenvalue weighted by molar-refractivity contribution is 5.48. The maximum absolute atomic E-state index is 5.89. The first kappa shape index (κ1) is 13.1. The first-order valence-electron chi connectivity index (χ1n) is 6.38. The topological polar surface area (TPSA) is 64.3 Å². The third-order valence-electron chi connectivity index (χ3n) is 2.97. The van der Waals surface area contributed by atoms with Crippen molar-refractivity contribution < 1.29 is 4.74 Å². The van der Waals surface area contributed by atoms with Crippen LogP contribution in [0, 0.1) is 0 Å². The minimum absolute atomic E-state index is 0.0952. The molecule has 1 aromatic rings. The van der Waals surface area contributed by atoms with Gasteiger partial charge in [0.2, 0.25) is 0 Å². The zero-order chi connectivity index (χ0) is 13.3. The second-order valence-corrected chi connectivity index (χ2v) is 5.85. The predicted molar refractivity (Wildman–Crippen MR) is 72.8 cm³/mol. The second kappa shape index (κ2) is 4.72. The number of rotatable bonds is 1. The highest BCUT2D eigenvalue weighted by atomic mass is 16.5. The number of anilines is 2. The molecular formula is C13H22N4O. The molecule has 2 N–H and O–H groups in total. The molecule has 100 valence electrons. The van der Waals surface area contributed by atoms with Gasteiger partial charge in [-0.3, -0.25) is 0 Å². The van der Waals surface area contributed by atoms with Gasteiger partial charge in [-0.05, 0) is 6.92 Å². The summed E-state index contributed by atoms with van der Waals surface area (Å²) in [7, 11) is 0. The molecule has 0 saturated carbocycles. The maximum atomic E-state index is 5.89. The molecular weight excluding hydrogens is 228 g/mol. The van der Waals surface area contributed by atoms with E-state index in [1.807, 2.05) is 6.07 Å². The fraction of sp³-hybridized carbons (Fsp3) is 0.692. The number of nitrogen functional groups attached to an aromatic ring is 1. The summed E-state index contributed by atoms with van der Waals surface area (Å²) >= 11 is 0. The third-order valence-corrected chi connectivity index (χ3v) is 2.97. The molecule has 2 rings (SSSR count). The Morgan fingerprint density at radius 3 is 2.72 bits per heavy atom. The van der Waals surface area contributed by atoms with Crippen molar-refractivity contribution in [1.82, 2.24) is 9.97 Å². The Kier molecular flexibility index (Phi) is 3.43. The molecule has 1 aliphatic rings. The van der Waals surface area contributed by atoms with Crippen molar-refractivity contribution in [2.75, 3.05) is 30.3 Å². The number of morpholine rings is 1. The molecule has 0 amide bonds. The monoisotopic (exact) mass is 250 g/mol. The molecule has 0 radical (unpaired) electrons. The van der Waals surface area contributed by atoms with Gasteiger partial charge in [-0.25, -0.2) is 9.97 Å². The lowest BCUT2D eigenvalue weighted by Gasteiger charge is -2.32. The van der Waals surface area contributed by atoms with Crippen molar-refractivity contribution >= 4 is 11.6 Å². The van der Waals surface area contributed by atoms with Gasteiger partial charge in [0.25, 0.3) is 0 Å². The van der Waals surface area contributed by atoms with Gasteiger partial charge in [0.15, 0.2) is 0 Å². The van der Waals surface area contributed by atoms with E-state index in [0.29, 0.717) is 5.82 Å². The van der Waals surface area contributed by atoms with Crippen LogP contribution in [-0.2, 0) is 10.2 Å². The van der Waals surface area contributed by atoms with Crippen molar-refractivity contribution in [3.05, 3.63) is 11.9 Å². The number of nitrogens with two attached hydrogens (primary N) is 1. The van der Waals surface area contributed by atoms with E-state index in [1.165, 1.54) is 0 Å². The average molecular weight is 250 g/mol. The van der Waals surface area contributed by atoms with E-state index in [9.17, 15) is 0 Å². The molecule has 1 atom stereocenters. The van der Waals surface area contributed by atoms with Gasteiger partial charge in [-0.2, -0.15) is 0 Å². The molecule has 2 heterocycles. The van der Waals surface area contributed by atoms with Crippen LogP contribution in [-0.4, -0.2) is 35.8 Å². The van der Waals surface area contributed by atoms with Gasteiger partial charge in [0, 0.05) is 24.6 Å². The van der Waals surface area contributed by atoms with Crippen LogP contribution in [0.25, 0.3) is 0 Å². The zero-order valence-electron chi connectivity index (χ0n) is 11.6. The Hall–Kier alpha value is -1.36. The highest BCUT2D eigenvalue weighted by Crippen LogP contribution is 2.24. The Labute approximate surface area is 108 Å². The van der Waals surface area contributed by atoms with Gasteiger partial charge >= 0.3 is 0 Å². The van der Waals surface area contributed by atoms with Crippen molar-refractivity contribution in [1.29, 1.82) is 0 Å². The minimum atomic E-state index is -0.0952. The zero-order valence-corrected chi connectivity index (χ0v) is 11.6. The summed E-state index contributed by atoms with van der Waals surface area (Å²) < 4.78 is 5.54. The molecule has 0 aliphatic carbocycles. The Morgan fingerprint density at radius 1 is 1.39 bits per heavy atom. The van der Waals surface area contributed by atoms with Gasteiger partial charge in [-0.1, -0.05) is 20.8 Å². The van der Waals surface area contributed by atoms with Crippen LogP contribution in [0.15, 0.2) is 6.07 Å². The van der Waals surface area contributed by atoms with Gasteiger partial charge in [-0.15, -0.1) is 0 Å². The third kappa shape index (κ3) is 2.90. The molecule has 1 saturated heterocycles. The molecule has 5 nitrogen and oxygen atoms in total. The lowest BCUT2D eigenvalue weighted by Crippen LogP contribution is -2.41. The number of hydrogen-bond acceptors (Lipinski definition) is 5. The summed E-state index contributed by atoms with van der Waals surface area (Å²) in [6, 6.07) is 1.84. The first-order chi connectivity index (χ1) is 8.36. The van der Waals surface area contributed by atoms with Gasteiger partial charge in [0.1, 0.15) is 17.5 Å². The van der Waals surface area contributed by atoms with Crippen LogP contribution in [0.4, 0.5) is 11.6 Å². The second-order valence-electron chi connectivity index (χ2n) is 5.85. The molecule has 1 aromatic heterocycles. The van der Waals surface area contributed by atoms with E-state index in [4.69, 9.17) is 10.5 Å². The van der Waals surface area contributed by atoms with E-state index < -0.39 is 0 Å². The van der Waals surface area contributed by atoms with Gasteiger partial charge < -0.3 is 15.4 Å². The average Bonchev–Trinajstić information content (AvgIpc) is 2.27. The fourth-order valence-electron chi connectivity index (χ4n) is 1.98. The standard InChI is InChI=1S/C13H22N4O/c1-9-8-17(5-6-18-9)11-7-10(14)15-12(16-11)13(2,3)4/h7,9H,5-6,8H2,1-4H3,(H2,14,15,16). The smallest absolute Gasteiger partial charge is 0.138 e. The molecule has 0 spiro atoms. The van der Waals surface area contributed by atoms with Crippen LogP contribution in [0.3, 0.4) is 0 Å². The van der Waals surface area contributed by atoms with E-state index in [1.54, 1.807) is 0 Å². The molecule has 0 aromatic carbocycles. The maximum Gasteiger partial charge on any atom is 0.138 e. The van der Waals surface area contributed by atoms with Crippen LogP contribution in [0.1, 0.15) is 33.5 Å². The first-order valence-corrected chi connectivity index (χ1v) is 6.38. The summed E-state index contributed by atoms with van der Waals surface area (Å²) in [6.07, 6.45) is 0.230. The number of aromatic nitrogens is 2. The van der Waals surface area contributed by atoms with Crippen LogP contribution in [0.2, 0.25) is 0 Å². The molecule has 1 fully saturated rings. The van der Waals surface area contributed by atoms with Gasteiger partial charge in [0.05, 0.1) is 12.7 Å². The Balaban J connectivity index is 2.30. The van der Waals surface area contributed by atoms with Crippen LogP contribution >= 0.6 is 0 Å². The number of nitrogens with zero attached hydrogens (tertiary/aromatic N) is 3. The quantitative estimate of drug-likeness (QED) is 0.820. The fourth-order valence-corrected chi connectivity index (χ4v) is 1.98. The van der Waals surface area contributed by atoms with Crippen molar-refractivity contribution in [3.63, 3.8) is 0 Å². The van der Waals surface area contributed by atoms with Crippen LogP contribution in [0.5, 0.6) is 0 Å². The van der Waals surface area contributed by atoms with Crippen molar-refractivity contribution in [2.45, 2.75) is 39.2 Å². The predicted octanol–water partition coefficient (Wildman–Crippen LogP) is 1.58. The largest absolute Gasteiger partial charge is 0.384 e. The van der Waals surface area contributed by atoms with E-state index in [0.717, 1.165) is 31.3 Å².